The average molecular weight is 283 g/mol. The number of rotatable bonds is 2. The topological polar surface area (TPSA) is 72.8 Å². The van der Waals surface area contributed by atoms with Crippen molar-refractivity contribution in [3.8, 4) is 0 Å². The van der Waals surface area contributed by atoms with E-state index >= 15 is 0 Å². The Bertz CT molecular complexity index is 535. The molecular weight excluding hydrogens is 268 g/mol. The van der Waals surface area contributed by atoms with Crippen LogP contribution in [0, 0.1) is 0 Å². The zero-order valence-electron chi connectivity index (χ0n) is 10.3. The molecule has 1 aromatic rings. The van der Waals surface area contributed by atoms with Gasteiger partial charge >= 0.3 is 0 Å². The van der Waals surface area contributed by atoms with E-state index in [1.165, 1.54) is 0 Å². The number of nitrogens with one attached hydrogen (secondary N) is 1. The highest BCUT2D eigenvalue weighted by Crippen LogP contribution is 2.40. The predicted octanol–water partition coefficient (Wildman–Crippen LogP) is 1.29. The number of halogens is 1. The van der Waals surface area contributed by atoms with Gasteiger partial charge in [-0.3, -0.25) is 4.79 Å². The fourth-order valence-electron chi connectivity index (χ4n) is 2.82. The average Bonchev–Trinajstić information content (AvgIpc) is 2.96. The molecule has 2 aliphatic heterocycles. The molecule has 1 aromatic carbocycles. The van der Waals surface area contributed by atoms with E-state index in [1.807, 2.05) is 0 Å². The van der Waals surface area contributed by atoms with E-state index in [0.29, 0.717) is 16.3 Å². The molecule has 0 aromatic heterocycles. The standard InChI is InChI=1S/C13H15ClN2O3/c14-9-4-8-10(15-13(19)12(8)18)5-11(9)16-3-1-2-7(16)6-17/h4-5,7,12,17-18H,1-3,6H2,(H,15,19). The van der Waals surface area contributed by atoms with Crippen LogP contribution in [0.25, 0.3) is 0 Å². The van der Waals surface area contributed by atoms with Crippen molar-refractivity contribution in [1.29, 1.82) is 0 Å². The summed E-state index contributed by atoms with van der Waals surface area (Å²) in [7, 11) is 0. The van der Waals surface area contributed by atoms with Gasteiger partial charge in [0.2, 0.25) is 0 Å². The van der Waals surface area contributed by atoms with Gasteiger partial charge in [-0.25, -0.2) is 0 Å². The molecule has 2 atom stereocenters. The monoisotopic (exact) mass is 282 g/mol. The summed E-state index contributed by atoms with van der Waals surface area (Å²) in [6.07, 6.45) is 0.792. The smallest absolute Gasteiger partial charge is 0.257 e. The number of fused-ring (bicyclic) bond motifs is 1. The van der Waals surface area contributed by atoms with Gasteiger partial charge < -0.3 is 20.4 Å². The SMILES string of the molecule is O=C1Nc2cc(N3CCCC3CO)c(Cl)cc2C1O. The molecule has 3 rings (SSSR count). The number of nitrogens with zero attached hydrogens (tertiary/aromatic N) is 1. The largest absolute Gasteiger partial charge is 0.394 e. The summed E-state index contributed by atoms with van der Waals surface area (Å²) in [5.41, 5.74) is 1.91. The number of carbonyl (C=O) groups excluding carboxylic acids is 1. The third-order valence-corrected chi connectivity index (χ3v) is 4.12. The van der Waals surface area contributed by atoms with Gasteiger partial charge in [-0.2, -0.15) is 0 Å². The van der Waals surface area contributed by atoms with Crippen molar-refractivity contribution in [1.82, 2.24) is 0 Å². The Morgan fingerprint density at radius 2 is 2.26 bits per heavy atom. The summed E-state index contributed by atoms with van der Waals surface area (Å²) in [6, 6.07) is 3.47. The first-order valence-electron chi connectivity index (χ1n) is 6.31. The number of amides is 1. The van der Waals surface area contributed by atoms with Crippen LogP contribution in [-0.4, -0.2) is 35.3 Å². The van der Waals surface area contributed by atoms with Gasteiger partial charge in [-0.05, 0) is 25.0 Å². The Hall–Kier alpha value is -1.30. The van der Waals surface area contributed by atoms with Crippen molar-refractivity contribution in [2.45, 2.75) is 25.0 Å². The Balaban J connectivity index is 2.00. The van der Waals surface area contributed by atoms with Crippen molar-refractivity contribution < 1.29 is 15.0 Å². The van der Waals surface area contributed by atoms with Crippen molar-refractivity contribution in [3.63, 3.8) is 0 Å². The second-order valence-corrected chi connectivity index (χ2v) is 5.36. The van der Waals surface area contributed by atoms with E-state index in [-0.39, 0.29) is 12.6 Å². The van der Waals surface area contributed by atoms with Gasteiger partial charge in [0.15, 0.2) is 6.10 Å². The lowest BCUT2D eigenvalue weighted by Crippen LogP contribution is -2.32. The Morgan fingerprint density at radius 3 is 3.00 bits per heavy atom. The van der Waals surface area contributed by atoms with Crippen molar-refractivity contribution in [3.05, 3.63) is 22.7 Å². The molecule has 1 fully saturated rings. The number of aliphatic hydroxyl groups is 2. The van der Waals surface area contributed by atoms with E-state index in [9.17, 15) is 15.0 Å². The van der Waals surface area contributed by atoms with Crippen LogP contribution in [0.3, 0.4) is 0 Å². The lowest BCUT2D eigenvalue weighted by molar-refractivity contribution is -0.123. The lowest BCUT2D eigenvalue weighted by Gasteiger charge is -2.26. The summed E-state index contributed by atoms with van der Waals surface area (Å²) >= 11 is 6.25. The van der Waals surface area contributed by atoms with Crippen LogP contribution in [0.5, 0.6) is 0 Å². The molecule has 6 heteroatoms. The first-order valence-corrected chi connectivity index (χ1v) is 6.69. The molecule has 5 nitrogen and oxygen atoms in total. The highest BCUT2D eigenvalue weighted by Gasteiger charge is 2.32. The quantitative estimate of drug-likeness (QED) is 0.764. The molecule has 102 valence electrons. The van der Waals surface area contributed by atoms with Crippen LogP contribution in [0.15, 0.2) is 12.1 Å². The number of aliphatic hydroxyl groups excluding tert-OH is 2. The molecule has 0 radical (unpaired) electrons. The zero-order chi connectivity index (χ0) is 13.6. The third-order valence-electron chi connectivity index (χ3n) is 3.82. The van der Waals surface area contributed by atoms with E-state index in [0.717, 1.165) is 25.1 Å². The summed E-state index contributed by atoms with van der Waals surface area (Å²) in [5, 5.41) is 22.2. The highest BCUT2D eigenvalue weighted by atomic mass is 35.5. The fraction of sp³-hybridized carbons (Fsp3) is 0.462. The molecule has 0 saturated carbocycles. The molecule has 1 amide bonds. The minimum atomic E-state index is -1.14. The normalized spacial score (nSPS) is 25.6. The molecule has 2 heterocycles. The van der Waals surface area contributed by atoms with Crippen LogP contribution in [0.1, 0.15) is 24.5 Å². The highest BCUT2D eigenvalue weighted by molar-refractivity contribution is 6.33. The summed E-state index contributed by atoms with van der Waals surface area (Å²) < 4.78 is 0. The number of hydrogen-bond donors (Lipinski definition) is 3. The van der Waals surface area contributed by atoms with Crippen LogP contribution < -0.4 is 10.2 Å². The van der Waals surface area contributed by atoms with E-state index in [4.69, 9.17) is 11.6 Å². The third kappa shape index (κ3) is 1.98. The Morgan fingerprint density at radius 1 is 1.47 bits per heavy atom. The molecule has 1 saturated heterocycles. The van der Waals surface area contributed by atoms with Crippen LogP contribution in [0.4, 0.5) is 11.4 Å². The van der Waals surface area contributed by atoms with Crippen molar-refractivity contribution >= 4 is 28.9 Å². The molecule has 0 aliphatic carbocycles. The van der Waals surface area contributed by atoms with Crippen LogP contribution in [-0.2, 0) is 4.79 Å². The summed E-state index contributed by atoms with van der Waals surface area (Å²) in [4.78, 5) is 13.5. The summed E-state index contributed by atoms with van der Waals surface area (Å²) in [6.45, 7) is 0.919. The first-order chi connectivity index (χ1) is 9.11. The molecule has 0 spiro atoms. The molecular formula is C13H15ClN2O3. The molecule has 2 aliphatic rings. The van der Waals surface area contributed by atoms with Gasteiger partial charge in [-0.1, -0.05) is 11.6 Å². The maximum atomic E-state index is 11.4. The minimum absolute atomic E-state index is 0.0672. The number of carbonyl (C=O) groups is 1. The van der Waals surface area contributed by atoms with E-state index < -0.39 is 12.0 Å². The maximum absolute atomic E-state index is 11.4. The number of hydrogen-bond acceptors (Lipinski definition) is 4. The van der Waals surface area contributed by atoms with Gasteiger partial charge in [0.25, 0.3) is 5.91 Å². The molecule has 19 heavy (non-hydrogen) atoms. The van der Waals surface area contributed by atoms with Crippen molar-refractivity contribution in [2.75, 3.05) is 23.4 Å². The van der Waals surface area contributed by atoms with E-state index in [2.05, 4.69) is 10.2 Å². The van der Waals surface area contributed by atoms with E-state index in [1.54, 1.807) is 12.1 Å². The predicted molar refractivity (Wildman–Crippen MR) is 72.5 cm³/mol. The van der Waals surface area contributed by atoms with Gasteiger partial charge in [0, 0.05) is 17.8 Å². The first kappa shape index (κ1) is 12.7. The molecule has 0 bridgehead atoms. The lowest BCUT2D eigenvalue weighted by atomic mass is 10.1. The second-order valence-electron chi connectivity index (χ2n) is 4.95. The molecule has 2 unspecified atom stereocenters. The second kappa shape index (κ2) is 4.67. The van der Waals surface area contributed by atoms with Crippen molar-refractivity contribution in [2.24, 2.45) is 0 Å². The zero-order valence-corrected chi connectivity index (χ0v) is 11.0. The minimum Gasteiger partial charge on any atom is -0.394 e. The fourth-order valence-corrected chi connectivity index (χ4v) is 3.10. The number of anilines is 2. The van der Waals surface area contributed by atoms with Gasteiger partial charge in [0.05, 0.1) is 23.4 Å². The van der Waals surface area contributed by atoms with Gasteiger partial charge in [0.1, 0.15) is 0 Å². The maximum Gasteiger partial charge on any atom is 0.257 e. The van der Waals surface area contributed by atoms with Gasteiger partial charge in [-0.15, -0.1) is 0 Å². The van der Waals surface area contributed by atoms with Crippen LogP contribution >= 0.6 is 11.6 Å². The Kier molecular flexibility index (Phi) is 3.12. The summed E-state index contributed by atoms with van der Waals surface area (Å²) in [5.74, 6) is -0.427. The number of benzene rings is 1. The molecule has 3 N–H and O–H groups in total. The Labute approximate surface area is 115 Å². The van der Waals surface area contributed by atoms with Crippen LogP contribution in [0.2, 0.25) is 5.02 Å².